The van der Waals surface area contributed by atoms with E-state index in [1.807, 2.05) is 0 Å². The highest BCUT2D eigenvalue weighted by atomic mass is 16.6. The SMILES string of the molecule is CC1=C2CCC[C@@H]2[C@H]2OC(=O)C[C@@H]2[C@@H](O)C1. The maximum Gasteiger partial charge on any atom is 0.306 e. The summed E-state index contributed by atoms with van der Waals surface area (Å²) in [5.74, 6) is 0.302. The summed E-state index contributed by atoms with van der Waals surface area (Å²) in [5.41, 5.74) is 2.79. The molecule has 0 aromatic rings. The molecule has 0 amide bonds. The molecule has 3 aliphatic rings. The number of ether oxygens (including phenoxy) is 1. The molecule has 0 unspecified atom stereocenters. The Morgan fingerprint density at radius 3 is 3.00 bits per heavy atom. The maximum absolute atomic E-state index is 11.4. The summed E-state index contributed by atoms with van der Waals surface area (Å²) in [7, 11) is 0. The molecule has 1 saturated carbocycles. The Hall–Kier alpha value is -0.830. The summed E-state index contributed by atoms with van der Waals surface area (Å²) in [6.07, 6.45) is 4.14. The zero-order valence-electron chi connectivity index (χ0n) is 9.61. The molecular formula is C13H18O3. The van der Waals surface area contributed by atoms with Gasteiger partial charge in [0.15, 0.2) is 0 Å². The number of hydrogen-bond donors (Lipinski definition) is 1. The lowest BCUT2D eigenvalue weighted by Crippen LogP contribution is -2.31. The van der Waals surface area contributed by atoms with Gasteiger partial charge in [0.2, 0.25) is 0 Å². The molecule has 1 saturated heterocycles. The molecule has 88 valence electrons. The van der Waals surface area contributed by atoms with Crippen molar-refractivity contribution in [3.05, 3.63) is 11.1 Å². The van der Waals surface area contributed by atoms with Crippen LogP contribution in [0.15, 0.2) is 11.1 Å². The Morgan fingerprint density at radius 1 is 1.38 bits per heavy atom. The molecule has 1 N–H and O–H groups in total. The van der Waals surface area contributed by atoms with E-state index in [2.05, 4.69) is 6.92 Å². The van der Waals surface area contributed by atoms with Gasteiger partial charge >= 0.3 is 5.97 Å². The fraction of sp³-hybridized carbons (Fsp3) is 0.769. The van der Waals surface area contributed by atoms with E-state index in [-0.39, 0.29) is 18.0 Å². The molecule has 0 aromatic carbocycles. The zero-order valence-corrected chi connectivity index (χ0v) is 9.61. The third kappa shape index (κ3) is 1.41. The van der Waals surface area contributed by atoms with E-state index in [1.54, 1.807) is 0 Å². The first kappa shape index (κ1) is 10.3. The number of carbonyl (C=O) groups is 1. The average molecular weight is 222 g/mol. The van der Waals surface area contributed by atoms with Gasteiger partial charge in [-0.15, -0.1) is 0 Å². The van der Waals surface area contributed by atoms with Crippen LogP contribution >= 0.6 is 0 Å². The smallest absolute Gasteiger partial charge is 0.306 e. The van der Waals surface area contributed by atoms with Gasteiger partial charge in [-0.25, -0.2) is 0 Å². The minimum absolute atomic E-state index is 0.0306. The Kier molecular flexibility index (Phi) is 2.32. The first-order chi connectivity index (χ1) is 7.66. The lowest BCUT2D eigenvalue weighted by atomic mass is 9.86. The van der Waals surface area contributed by atoms with Gasteiger partial charge in [-0.3, -0.25) is 4.79 Å². The molecule has 1 heterocycles. The molecule has 1 aliphatic heterocycles. The molecule has 16 heavy (non-hydrogen) atoms. The van der Waals surface area contributed by atoms with Crippen LogP contribution in [0.3, 0.4) is 0 Å². The summed E-state index contributed by atoms with van der Waals surface area (Å²) in [4.78, 5) is 11.4. The van der Waals surface area contributed by atoms with E-state index in [9.17, 15) is 9.90 Å². The van der Waals surface area contributed by atoms with Crippen LogP contribution in [0.2, 0.25) is 0 Å². The Bertz CT molecular complexity index is 358. The molecule has 0 bridgehead atoms. The molecule has 3 nitrogen and oxygen atoms in total. The Labute approximate surface area is 95.5 Å². The Balaban J connectivity index is 1.98. The van der Waals surface area contributed by atoms with Crippen LogP contribution in [0, 0.1) is 11.8 Å². The predicted octanol–water partition coefficient (Wildman–Crippen LogP) is 1.80. The molecular weight excluding hydrogens is 204 g/mol. The molecule has 2 fully saturated rings. The average Bonchev–Trinajstić information content (AvgIpc) is 2.80. The van der Waals surface area contributed by atoms with Crippen LogP contribution in [0.5, 0.6) is 0 Å². The molecule has 4 atom stereocenters. The fourth-order valence-corrected chi connectivity index (χ4v) is 3.69. The lowest BCUT2D eigenvalue weighted by molar-refractivity contribution is -0.143. The number of esters is 1. The molecule has 0 spiro atoms. The summed E-state index contributed by atoms with van der Waals surface area (Å²) in [6.45, 7) is 2.12. The van der Waals surface area contributed by atoms with E-state index >= 15 is 0 Å². The van der Waals surface area contributed by atoms with Crippen molar-refractivity contribution in [2.45, 2.75) is 51.2 Å². The summed E-state index contributed by atoms with van der Waals surface area (Å²) in [5, 5.41) is 10.1. The van der Waals surface area contributed by atoms with Crippen molar-refractivity contribution < 1.29 is 14.6 Å². The van der Waals surface area contributed by atoms with Gasteiger partial charge in [-0.2, -0.15) is 0 Å². The van der Waals surface area contributed by atoms with Crippen LogP contribution in [0.4, 0.5) is 0 Å². The van der Waals surface area contributed by atoms with E-state index in [0.717, 1.165) is 19.3 Å². The summed E-state index contributed by atoms with van der Waals surface area (Å²) < 4.78 is 5.44. The molecule has 0 aromatic heterocycles. The number of hydrogen-bond acceptors (Lipinski definition) is 3. The van der Waals surface area contributed by atoms with E-state index in [1.165, 1.54) is 17.6 Å². The molecule has 0 radical (unpaired) electrons. The van der Waals surface area contributed by atoms with Gasteiger partial charge < -0.3 is 9.84 Å². The number of aliphatic hydroxyl groups is 1. The van der Waals surface area contributed by atoms with Crippen molar-refractivity contribution in [1.82, 2.24) is 0 Å². The number of carbonyl (C=O) groups excluding carboxylic acids is 1. The largest absolute Gasteiger partial charge is 0.461 e. The number of fused-ring (bicyclic) bond motifs is 3. The Morgan fingerprint density at radius 2 is 2.19 bits per heavy atom. The summed E-state index contributed by atoms with van der Waals surface area (Å²) >= 11 is 0. The van der Waals surface area contributed by atoms with E-state index < -0.39 is 6.10 Å². The normalized spacial score (nSPS) is 42.8. The lowest BCUT2D eigenvalue weighted by Gasteiger charge is -2.24. The van der Waals surface area contributed by atoms with Crippen molar-refractivity contribution in [3.63, 3.8) is 0 Å². The third-order valence-electron chi connectivity index (χ3n) is 4.46. The second-order valence-corrected chi connectivity index (χ2v) is 5.40. The maximum atomic E-state index is 11.4. The second kappa shape index (κ2) is 3.59. The van der Waals surface area contributed by atoms with Crippen molar-refractivity contribution in [1.29, 1.82) is 0 Å². The van der Waals surface area contributed by atoms with Crippen molar-refractivity contribution in [2.24, 2.45) is 11.8 Å². The van der Waals surface area contributed by atoms with Crippen LogP contribution < -0.4 is 0 Å². The van der Waals surface area contributed by atoms with E-state index in [0.29, 0.717) is 12.3 Å². The van der Waals surface area contributed by atoms with Gasteiger partial charge in [0.25, 0.3) is 0 Å². The highest BCUT2D eigenvalue weighted by Crippen LogP contribution is 2.46. The first-order valence-electron chi connectivity index (χ1n) is 6.23. The standard InChI is InChI=1S/C13H18O3/c1-7-5-11(14)10-6-12(15)16-13(10)9-4-2-3-8(7)9/h9-11,13-14H,2-6H2,1H3/t9-,10+,11-,13+/m0/s1. The van der Waals surface area contributed by atoms with Crippen LogP contribution in [0.25, 0.3) is 0 Å². The van der Waals surface area contributed by atoms with Gasteiger partial charge in [0, 0.05) is 11.8 Å². The zero-order chi connectivity index (χ0) is 11.3. The molecule has 3 rings (SSSR count). The van der Waals surface area contributed by atoms with Crippen LogP contribution in [-0.4, -0.2) is 23.3 Å². The van der Waals surface area contributed by atoms with E-state index in [4.69, 9.17) is 4.74 Å². The summed E-state index contributed by atoms with van der Waals surface area (Å²) in [6, 6.07) is 0. The third-order valence-corrected chi connectivity index (χ3v) is 4.46. The minimum atomic E-state index is -0.394. The van der Waals surface area contributed by atoms with Crippen molar-refractivity contribution in [3.8, 4) is 0 Å². The fourth-order valence-electron chi connectivity index (χ4n) is 3.69. The van der Waals surface area contributed by atoms with Gasteiger partial charge in [0.1, 0.15) is 6.10 Å². The predicted molar refractivity (Wildman–Crippen MR) is 58.7 cm³/mol. The highest BCUT2D eigenvalue weighted by molar-refractivity contribution is 5.72. The highest BCUT2D eigenvalue weighted by Gasteiger charge is 2.47. The quantitative estimate of drug-likeness (QED) is 0.502. The first-order valence-corrected chi connectivity index (χ1v) is 6.23. The number of aliphatic hydroxyl groups excluding tert-OH is 1. The van der Waals surface area contributed by atoms with Gasteiger partial charge in [-0.1, -0.05) is 11.1 Å². The minimum Gasteiger partial charge on any atom is -0.461 e. The molecule has 3 heteroatoms. The monoisotopic (exact) mass is 222 g/mol. The van der Waals surface area contributed by atoms with Crippen molar-refractivity contribution >= 4 is 5.97 Å². The topological polar surface area (TPSA) is 46.5 Å². The van der Waals surface area contributed by atoms with Crippen LogP contribution in [-0.2, 0) is 9.53 Å². The second-order valence-electron chi connectivity index (χ2n) is 5.40. The number of rotatable bonds is 0. The van der Waals surface area contributed by atoms with Crippen molar-refractivity contribution in [2.75, 3.05) is 0 Å². The van der Waals surface area contributed by atoms with Crippen LogP contribution in [0.1, 0.15) is 39.0 Å². The van der Waals surface area contributed by atoms with Gasteiger partial charge in [-0.05, 0) is 32.6 Å². The molecule has 2 aliphatic carbocycles. The van der Waals surface area contributed by atoms with Gasteiger partial charge in [0.05, 0.1) is 12.5 Å².